The Kier molecular flexibility index (Phi) is 5.53. The normalized spacial score (nSPS) is 17.5. The summed E-state index contributed by atoms with van der Waals surface area (Å²) in [5.74, 6) is 0.198. The number of halogens is 1. The number of amides is 1. The number of methoxy groups -OCH3 is 1. The summed E-state index contributed by atoms with van der Waals surface area (Å²) < 4.78 is 16.3. The molecule has 1 fully saturated rings. The van der Waals surface area contributed by atoms with Crippen LogP contribution in [0.15, 0.2) is 21.3 Å². The lowest BCUT2D eigenvalue weighted by atomic mass is 10.1. The second kappa shape index (κ2) is 7.68. The van der Waals surface area contributed by atoms with E-state index in [4.69, 9.17) is 25.5 Å². The highest BCUT2D eigenvalue weighted by molar-refractivity contribution is 6.32. The number of benzene rings is 1. The van der Waals surface area contributed by atoms with Gasteiger partial charge >= 0.3 is 5.63 Å². The van der Waals surface area contributed by atoms with Crippen LogP contribution in [0, 0.1) is 13.8 Å². The van der Waals surface area contributed by atoms with E-state index >= 15 is 0 Å². The van der Waals surface area contributed by atoms with Crippen LogP contribution in [0.2, 0.25) is 5.02 Å². The summed E-state index contributed by atoms with van der Waals surface area (Å²) in [6, 6.07) is 3.26. The maximum absolute atomic E-state index is 12.4. The van der Waals surface area contributed by atoms with E-state index < -0.39 is 5.63 Å². The van der Waals surface area contributed by atoms with Gasteiger partial charge in [-0.25, -0.2) is 4.79 Å². The van der Waals surface area contributed by atoms with Crippen LogP contribution in [0.3, 0.4) is 0 Å². The van der Waals surface area contributed by atoms with Gasteiger partial charge in [-0.3, -0.25) is 4.79 Å². The molecule has 0 N–H and O–H groups in total. The average Bonchev–Trinajstić information content (AvgIpc) is 2.65. The number of aryl methyl sites for hydroxylation is 1. The van der Waals surface area contributed by atoms with E-state index in [0.717, 1.165) is 23.8 Å². The number of hydrogen-bond acceptors (Lipinski definition) is 5. The second-order valence-electron chi connectivity index (χ2n) is 6.55. The summed E-state index contributed by atoms with van der Waals surface area (Å²) in [4.78, 5) is 26.0. The largest absolute Gasteiger partial charge is 0.482 e. The van der Waals surface area contributed by atoms with Crippen LogP contribution in [0.1, 0.15) is 24.0 Å². The highest BCUT2D eigenvalue weighted by atomic mass is 35.5. The molecule has 1 aromatic carbocycles. The molecule has 1 aromatic heterocycles. The minimum absolute atomic E-state index is 0.0671. The van der Waals surface area contributed by atoms with Gasteiger partial charge in [0.2, 0.25) is 0 Å². The van der Waals surface area contributed by atoms with E-state index in [1.54, 1.807) is 31.1 Å². The molecule has 1 saturated heterocycles. The van der Waals surface area contributed by atoms with Crippen molar-refractivity contribution in [3.05, 3.63) is 38.7 Å². The summed E-state index contributed by atoms with van der Waals surface area (Å²) in [7, 11) is 1.65. The SMILES string of the molecule is COC1CCCN(C(=O)COc2cc3oc(=O)c(C)c(C)c3cc2Cl)C1. The molecule has 0 aliphatic carbocycles. The molecule has 140 valence electrons. The number of ether oxygens (including phenoxy) is 2. The average molecular weight is 380 g/mol. The number of fused-ring (bicyclic) bond motifs is 1. The van der Waals surface area contributed by atoms with Crippen LogP contribution in [0.4, 0.5) is 0 Å². The first-order chi connectivity index (χ1) is 12.4. The Hall–Kier alpha value is -2.05. The van der Waals surface area contributed by atoms with E-state index in [9.17, 15) is 9.59 Å². The van der Waals surface area contributed by atoms with Gasteiger partial charge in [-0.05, 0) is 38.3 Å². The molecule has 1 aliphatic heterocycles. The predicted octanol–water partition coefficient (Wildman–Crippen LogP) is 3.08. The lowest BCUT2D eigenvalue weighted by Gasteiger charge is -2.31. The van der Waals surface area contributed by atoms with Crippen molar-refractivity contribution in [3.63, 3.8) is 0 Å². The molecule has 1 atom stereocenters. The van der Waals surface area contributed by atoms with Crippen LogP contribution in [0.5, 0.6) is 5.75 Å². The van der Waals surface area contributed by atoms with Crippen molar-refractivity contribution >= 4 is 28.5 Å². The third-order valence-corrected chi connectivity index (χ3v) is 5.22. The van der Waals surface area contributed by atoms with Crippen LogP contribution >= 0.6 is 11.6 Å². The van der Waals surface area contributed by atoms with Crippen molar-refractivity contribution in [3.8, 4) is 5.75 Å². The van der Waals surface area contributed by atoms with Crippen LogP contribution in [0.25, 0.3) is 11.0 Å². The van der Waals surface area contributed by atoms with Crippen molar-refractivity contribution in [2.45, 2.75) is 32.8 Å². The first-order valence-electron chi connectivity index (χ1n) is 8.57. The smallest absolute Gasteiger partial charge is 0.339 e. The molecule has 7 heteroatoms. The number of piperidine rings is 1. The Balaban J connectivity index is 1.76. The molecule has 0 bridgehead atoms. The fourth-order valence-corrected chi connectivity index (χ4v) is 3.36. The van der Waals surface area contributed by atoms with Gasteiger partial charge in [0.25, 0.3) is 5.91 Å². The van der Waals surface area contributed by atoms with E-state index in [0.29, 0.717) is 35.0 Å². The molecule has 1 aliphatic rings. The van der Waals surface area contributed by atoms with Gasteiger partial charge in [0, 0.05) is 37.2 Å². The Bertz CT molecular complexity index is 892. The number of carbonyl (C=O) groups is 1. The summed E-state index contributed by atoms with van der Waals surface area (Å²) in [6.45, 7) is 4.69. The summed E-state index contributed by atoms with van der Waals surface area (Å²) in [5, 5.41) is 1.12. The van der Waals surface area contributed by atoms with Crippen LogP contribution < -0.4 is 10.4 Å². The summed E-state index contributed by atoms with van der Waals surface area (Å²) >= 11 is 6.29. The molecule has 3 rings (SSSR count). The van der Waals surface area contributed by atoms with Gasteiger partial charge in [0.1, 0.15) is 11.3 Å². The lowest BCUT2D eigenvalue weighted by molar-refractivity contribution is -0.136. The minimum Gasteiger partial charge on any atom is -0.482 e. The molecule has 1 amide bonds. The quantitative estimate of drug-likeness (QED) is 0.763. The van der Waals surface area contributed by atoms with Crippen LogP contribution in [-0.2, 0) is 9.53 Å². The van der Waals surface area contributed by atoms with E-state index in [1.165, 1.54) is 0 Å². The van der Waals surface area contributed by atoms with Gasteiger partial charge in [-0.2, -0.15) is 0 Å². The Morgan fingerprint density at radius 3 is 2.85 bits per heavy atom. The zero-order valence-corrected chi connectivity index (χ0v) is 15.9. The Morgan fingerprint density at radius 1 is 1.35 bits per heavy atom. The first-order valence-corrected chi connectivity index (χ1v) is 8.95. The minimum atomic E-state index is -0.390. The van der Waals surface area contributed by atoms with Crippen molar-refractivity contribution in [2.24, 2.45) is 0 Å². The number of carbonyl (C=O) groups excluding carboxylic acids is 1. The molecule has 6 nitrogen and oxygen atoms in total. The number of hydrogen-bond donors (Lipinski definition) is 0. The zero-order valence-electron chi connectivity index (χ0n) is 15.1. The molecular formula is C19H22ClNO5. The third-order valence-electron chi connectivity index (χ3n) is 4.92. The van der Waals surface area contributed by atoms with Gasteiger partial charge in [0.05, 0.1) is 11.1 Å². The molecule has 0 radical (unpaired) electrons. The van der Waals surface area contributed by atoms with Crippen LogP contribution in [-0.4, -0.2) is 43.7 Å². The molecule has 2 aromatic rings. The fraction of sp³-hybridized carbons (Fsp3) is 0.474. The van der Waals surface area contributed by atoms with Crippen molar-refractivity contribution in [2.75, 3.05) is 26.8 Å². The molecule has 0 saturated carbocycles. The highest BCUT2D eigenvalue weighted by Crippen LogP contribution is 2.31. The molecule has 0 spiro atoms. The predicted molar refractivity (Wildman–Crippen MR) is 99.1 cm³/mol. The van der Waals surface area contributed by atoms with E-state index in [1.807, 2.05) is 6.92 Å². The van der Waals surface area contributed by atoms with Crippen molar-refractivity contribution in [1.82, 2.24) is 4.90 Å². The van der Waals surface area contributed by atoms with E-state index in [2.05, 4.69) is 0 Å². The van der Waals surface area contributed by atoms with Crippen molar-refractivity contribution < 1.29 is 18.7 Å². The van der Waals surface area contributed by atoms with Gasteiger partial charge in [0.15, 0.2) is 6.61 Å². The molecule has 2 heterocycles. The third kappa shape index (κ3) is 3.71. The lowest BCUT2D eigenvalue weighted by Crippen LogP contribution is -2.44. The van der Waals surface area contributed by atoms with E-state index in [-0.39, 0.29) is 18.6 Å². The fourth-order valence-electron chi connectivity index (χ4n) is 3.14. The summed E-state index contributed by atoms with van der Waals surface area (Å²) in [6.07, 6.45) is 1.93. The number of rotatable bonds is 4. The maximum atomic E-state index is 12.4. The molecule has 26 heavy (non-hydrogen) atoms. The molecular weight excluding hydrogens is 358 g/mol. The van der Waals surface area contributed by atoms with Gasteiger partial charge in [-0.1, -0.05) is 11.6 Å². The molecule has 1 unspecified atom stereocenters. The van der Waals surface area contributed by atoms with Gasteiger partial charge in [-0.15, -0.1) is 0 Å². The summed E-state index contributed by atoms with van der Waals surface area (Å²) in [5.41, 5.74) is 1.37. The maximum Gasteiger partial charge on any atom is 0.339 e. The first kappa shape index (κ1) is 18.7. The topological polar surface area (TPSA) is 69.0 Å². The standard InChI is InChI=1S/C19H22ClNO5/c1-11-12(2)19(23)26-16-8-17(15(20)7-14(11)16)25-10-18(22)21-6-4-5-13(9-21)24-3/h7-8,13H,4-6,9-10H2,1-3H3. The highest BCUT2D eigenvalue weighted by Gasteiger charge is 2.24. The van der Waals surface area contributed by atoms with Gasteiger partial charge < -0.3 is 18.8 Å². The second-order valence-corrected chi connectivity index (χ2v) is 6.95. The zero-order chi connectivity index (χ0) is 18.8. The Morgan fingerprint density at radius 2 is 2.12 bits per heavy atom. The van der Waals surface area contributed by atoms with Crippen molar-refractivity contribution in [1.29, 1.82) is 0 Å². The monoisotopic (exact) mass is 379 g/mol. The number of likely N-dealkylation sites (tertiary alicyclic amines) is 1. The number of nitrogens with zero attached hydrogens (tertiary/aromatic N) is 1. The Labute approximate surface area is 156 Å².